The van der Waals surface area contributed by atoms with E-state index >= 15 is 0 Å². The highest BCUT2D eigenvalue weighted by Gasteiger charge is 2.12. The highest BCUT2D eigenvalue weighted by molar-refractivity contribution is 7.91. The van der Waals surface area contributed by atoms with Gasteiger partial charge in [-0.1, -0.05) is 12.1 Å². The van der Waals surface area contributed by atoms with Crippen molar-refractivity contribution >= 4 is 21.7 Å². The first-order valence-electron chi connectivity index (χ1n) is 6.36. The maximum atomic E-state index is 12.1. The van der Waals surface area contributed by atoms with Crippen molar-refractivity contribution in [3.8, 4) is 5.75 Å². The zero-order chi connectivity index (χ0) is 16.2. The summed E-state index contributed by atoms with van der Waals surface area (Å²) in [6, 6.07) is 12.2. The minimum absolute atomic E-state index is 0.0955. The van der Waals surface area contributed by atoms with E-state index in [1.165, 1.54) is 31.4 Å². The van der Waals surface area contributed by atoms with Gasteiger partial charge in [-0.3, -0.25) is 4.72 Å². The summed E-state index contributed by atoms with van der Waals surface area (Å²) in [5.41, 5.74) is 1.03. The normalized spacial score (nSPS) is 11.0. The van der Waals surface area contributed by atoms with Crippen LogP contribution in [0.2, 0.25) is 0 Å². The topological polar surface area (TPSA) is 92.7 Å². The predicted octanol–water partition coefficient (Wildman–Crippen LogP) is 2.34. The van der Waals surface area contributed by atoms with Gasteiger partial charge in [-0.25, -0.2) is 13.2 Å². The van der Waals surface area contributed by atoms with Crippen LogP contribution in [0.5, 0.6) is 5.75 Å². The molecule has 7 heteroatoms. The maximum Gasteiger partial charge on any atom is 0.335 e. The summed E-state index contributed by atoms with van der Waals surface area (Å²) in [6.45, 7) is 0. The van der Waals surface area contributed by atoms with E-state index in [1.807, 2.05) is 0 Å². The van der Waals surface area contributed by atoms with E-state index in [0.29, 0.717) is 17.0 Å². The van der Waals surface area contributed by atoms with Gasteiger partial charge < -0.3 is 9.84 Å². The van der Waals surface area contributed by atoms with Crippen LogP contribution in [0.15, 0.2) is 48.5 Å². The third-order valence-electron chi connectivity index (χ3n) is 2.92. The second kappa shape index (κ2) is 6.48. The third-order valence-corrected chi connectivity index (χ3v) is 4.18. The molecule has 0 atom stereocenters. The molecule has 22 heavy (non-hydrogen) atoms. The lowest BCUT2D eigenvalue weighted by Crippen LogP contribution is -2.15. The van der Waals surface area contributed by atoms with Gasteiger partial charge in [-0.2, -0.15) is 0 Å². The van der Waals surface area contributed by atoms with Gasteiger partial charge in [0.25, 0.3) is 0 Å². The molecule has 0 heterocycles. The first-order chi connectivity index (χ1) is 10.4. The first kappa shape index (κ1) is 15.8. The molecule has 0 aliphatic rings. The van der Waals surface area contributed by atoms with Crippen LogP contribution in [-0.2, 0) is 15.8 Å². The highest BCUT2D eigenvalue weighted by Crippen LogP contribution is 2.16. The van der Waals surface area contributed by atoms with Gasteiger partial charge in [0, 0.05) is 5.69 Å². The summed E-state index contributed by atoms with van der Waals surface area (Å²) in [6.07, 6.45) is 0. The molecule has 0 amide bonds. The van der Waals surface area contributed by atoms with Gasteiger partial charge in [0.2, 0.25) is 10.0 Å². The number of carbonyl (C=O) groups is 1. The van der Waals surface area contributed by atoms with Gasteiger partial charge in [-0.05, 0) is 42.0 Å². The molecule has 2 rings (SSSR count). The highest BCUT2D eigenvalue weighted by atomic mass is 32.2. The summed E-state index contributed by atoms with van der Waals surface area (Å²) in [5, 5.41) is 8.80. The van der Waals surface area contributed by atoms with Crippen LogP contribution < -0.4 is 9.46 Å². The maximum absolute atomic E-state index is 12.1. The number of hydrogen-bond donors (Lipinski definition) is 2. The van der Waals surface area contributed by atoms with E-state index in [0.717, 1.165) is 0 Å². The number of hydrogen-bond acceptors (Lipinski definition) is 4. The van der Waals surface area contributed by atoms with Crippen molar-refractivity contribution in [1.82, 2.24) is 0 Å². The summed E-state index contributed by atoms with van der Waals surface area (Å²) >= 11 is 0. The Morgan fingerprint density at radius 3 is 2.18 bits per heavy atom. The molecule has 0 spiro atoms. The molecular formula is C15H15NO5S. The van der Waals surface area contributed by atoms with Crippen molar-refractivity contribution in [1.29, 1.82) is 0 Å². The Kier molecular flexibility index (Phi) is 4.67. The summed E-state index contributed by atoms with van der Waals surface area (Å²) < 4.78 is 31.6. The standard InChI is InChI=1S/C15H15NO5S/c1-21-14-8-2-11(3-9-14)10-22(19,20)16-13-6-4-12(5-7-13)15(17)18/h2-9,16H,10H2,1H3,(H,17,18). The summed E-state index contributed by atoms with van der Waals surface area (Å²) in [5.74, 6) is -0.594. The second-order valence-corrected chi connectivity index (χ2v) is 6.31. The molecule has 0 saturated heterocycles. The Balaban J connectivity index is 2.08. The molecule has 0 aromatic heterocycles. The van der Waals surface area contributed by atoms with E-state index in [1.54, 1.807) is 24.3 Å². The first-order valence-corrected chi connectivity index (χ1v) is 8.01. The second-order valence-electron chi connectivity index (χ2n) is 4.59. The van der Waals surface area contributed by atoms with Crippen molar-refractivity contribution in [3.63, 3.8) is 0 Å². The largest absolute Gasteiger partial charge is 0.497 e. The number of carboxylic acids is 1. The third kappa shape index (κ3) is 4.23. The van der Waals surface area contributed by atoms with Gasteiger partial charge in [0.15, 0.2) is 0 Å². The van der Waals surface area contributed by atoms with Crippen LogP contribution in [0.3, 0.4) is 0 Å². The number of sulfonamides is 1. The molecule has 0 unspecified atom stereocenters. The minimum atomic E-state index is -3.58. The van der Waals surface area contributed by atoms with Crippen LogP contribution >= 0.6 is 0 Å². The molecule has 2 N–H and O–H groups in total. The average molecular weight is 321 g/mol. The van der Waals surface area contributed by atoms with E-state index < -0.39 is 16.0 Å². The molecule has 6 nitrogen and oxygen atoms in total. The number of nitrogens with one attached hydrogen (secondary N) is 1. The van der Waals surface area contributed by atoms with Crippen LogP contribution in [0.1, 0.15) is 15.9 Å². The molecule has 0 bridgehead atoms. The van der Waals surface area contributed by atoms with Crippen molar-refractivity contribution in [2.45, 2.75) is 5.75 Å². The van der Waals surface area contributed by atoms with Crippen molar-refractivity contribution in [2.75, 3.05) is 11.8 Å². The number of carboxylic acid groups (broad SMARTS) is 1. The quantitative estimate of drug-likeness (QED) is 0.852. The van der Waals surface area contributed by atoms with E-state index in [2.05, 4.69) is 4.72 Å². The fraction of sp³-hybridized carbons (Fsp3) is 0.133. The Labute approximate surface area is 128 Å². The summed E-state index contributed by atoms with van der Waals surface area (Å²) in [7, 11) is -2.04. The minimum Gasteiger partial charge on any atom is -0.497 e. The molecule has 2 aromatic rings. The van der Waals surface area contributed by atoms with Crippen LogP contribution in [0.4, 0.5) is 5.69 Å². The fourth-order valence-electron chi connectivity index (χ4n) is 1.84. The molecule has 0 fully saturated rings. The van der Waals surface area contributed by atoms with E-state index in [4.69, 9.17) is 9.84 Å². The molecule has 0 aliphatic carbocycles. The zero-order valence-electron chi connectivity index (χ0n) is 11.8. The van der Waals surface area contributed by atoms with E-state index in [9.17, 15) is 13.2 Å². The van der Waals surface area contributed by atoms with Crippen LogP contribution in [0, 0.1) is 0 Å². The van der Waals surface area contributed by atoms with Gasteiger partial charge in [0.1, 0.15) is 5.75 Å². The lowest BCUT2D eigenvalue weighted by Gasteiger charge is -2.09. The lowest BCUT2D eigenvalue weighted by atomic mass is 10.2. The molecule has 116 valence electrons. The van der Waals surface area contributed by atoms with Crippen LogP contribution in [0.25, 0.3) is 0 Å². The Morgan fingerprint density at radius 1 is 1.09 bits per heavy atom. The molecule has 2 aromatic carbocycles. The molecule has 0 radical (unpaired) electrons. The smallest absolute Gasteiger partial charge is 0.335 e. The van der Waals surface area contributed by atoms with Gasteiger partial charge >= 0.3 is 5.97 Å². The predicted molar refractivity (Wildman–Crippen MR) is 82.6 cm³/mol. The van der Waals surface area contributed by atoms with Crippen molar-refractivity contribution in [2.24, 2.45) is 0 Å². The van der Waals surface area contributed by atoms with Crippen LogP contribution in [-0.4, -0.2) is 26.6 Å². The number of aromatic carboxylic acids is 1. The lowest BCUT2D eigenvalue weighted by molar-refractivity contribution is 0.0697. The summed E-state index contributed by atoms with van der Waals surface area (Å²) in [4.78, 5) is 10.7. The number of anilines is 1. The number of rotatable bonds is 6. The van der Waals surface area contributed by atoms with Gasteiger partial charge in [0.05, 0.1) is 18.4 Å². The Bertz CT molecular complexity index is 752. The van der Waals surface area contributed by atoms with E-state index in [-0.39, 0.29) is 11.3 Å². The Morgan fingerprint density at radius 2 is 1.68 bits per heavy atom. The zero-order valence-corrected chi connectivity index (χ0v) is 12.6. The fourth-order valence-corrected chi connectivity index (χ4v) is 3.04. The Hall–Kier alpha value is -2.54. The average Bonchev–Trinajstić information content (AvgIpc) is 2.47. The molecular weight excluding hydrogens is 306 g/mol. The van der Waals surface area contributed by atoms with Gasteiger partial charge in [-0.15, -0.1) is 0 Å². The number of ether oxygens (including phenoxy) is 1. The number of benzene rings is 2. The van der Waals surface area contributed by atoms with Crippen molar-refractivity contribution < 1.29 is 23.1 Å². The monoisotopic (exact) mass is 321 g/mol. The number of methoxy groups -OCH3 is 1. The van der Waals surface area contributed by atoms with Crippen molar-refractivity contribution in [3.05, 3.63) is 59.7 Å². The molecule has 0 aliphatic heterocycles. The SMILES string of the molecule is COc1ccc(CS(=O)(=O)Nc2ccc(C(=O)O)cc2)cc1. The molecule has 0 saturated carbocycles.